The van der Waals surface area contributed by atoms with Crippen LogP contribution < -0.4 is 15.7 Å². The second-order valence-electron chi connectivity index (χ2n) is 5.34. The average molecular weight is 396 g/mol. The number of hydrogen-bond donors (Lipinski definition) is 1. The Morgan fingerprint density at radius 1 is 1.29 bits per heavy atom. The molecule has 1 saturated heterocycles. The van der Waals surface area contributed by atoms with Gasteiger partial charge in [-0.25, -0.2) is 0 Å². The van der Waals surface area contributed by atoms with Crippen molar-refractivity contribution >= 4 is 25.1 Å². The first-order valence-electron chi connectivity index (χ1n) is 7.38. The zero-order valence-electron chi connectivity index (χ0n) is 12.6. The third-order valence-electron chi connectivity index (χ3n) is 3.73. The van der Waals surface area contributed by atoms with Gasteiger partial charge in [0.05, 0.1) is 0 Å². The number of aromatic nitrogens is 2. The summed E-state index contributed by atoms with van der Waals surface area (Å²) >= 11 is -0.0841. The Labute approximate surface area is 142 Å². The van der Waals surface area contributed by atoms with Crippen LogP contribution in [0.5, 0.6) is 0 Å². The molecule has 2 heterocycles. The van der Waals surface area contributed by atoms with Gasteiger partial charge in [-0.1, -0.05) is 0 Å². The summed E-state index contributed by atoms with van der Waals surface area (Å²) in [6, 6.07) is 8.02. The number of nitro groups is 1. The molecule has 1 aliphatic heterocycles. The molecule has 1 fully saturated rings. The molecule has 0 bridgehead atoms. The fraction of sp³-hybridized carbons (Fsp3) is 0.333. The monoisotopic (exact) mass is 397 g/mol. The van der Waals surface area contributed by atoms with E-state index in [1.165, 1.54) is 22.9 Å². The molecule has 1 N–H and O–H groups in total. The van der Waals surface area contributed by atoms with Gasteiger partial charge in [-0.15, -0.1) is 0 Å². The Morgan fingerprint density at radius 2 is 2.08 bits per heavy atom. The van der Waals surface area contributed by atoms with Crippen molar-refractivity contribution in [1.29, 1.82) is 0 Å². The molecule has 2 aromatic rings. The van der Waals surface area contributed by atoms with E-state index < -0.39 is 17.5 Å². The molecule has 1 aromatic heterocycles. The topological polar surface area (TPSA) is 107 Å². The van der Waals surface area contributed by atoms with E-state index in [0.29, 0.717) is 11.7 Å². The van der Waals surface area contributed by atoms with Crippen LogP contribution in [0.25, 0.3) is 0 Å². The molecular formula is C15H15N3O5Se. The van der Waals surface area contributed by atoms with E-state index in [4.69, 9.17) is 4.74 Å². The summed E-state index contributed by atoms with van der Waals surface area (Å²) in [4.78, 5) is 35.8. The van der Waals surface area contributed by atoms with Crippen LogP contribution in [0.4, 0.5) is 5.69 Å². The third kappa shape index (κ3) is 3.64. The fourth-order valence-electron chi connectivity index (χ4n) is 2.58. The molecule has 8 nitrogen and oxygen atoms in total. The molecule has 1 aromatic carbocycles. The maximum atomic E-state index is 11.8. The quantitative estimate of drug-likeness (QED) is 0.452. The predicted molar refractivity (Wildman–Crippen MR) is 87.8 cm³/mol. The number of H-pyrrole nitrogens is 1. The third-order valence-corrected chi connectivity index (χ3v) is 6.24. The van der Waals surface area contributed by atoms with Gasteiger partial charge in [-0.05, 0) is 0 Å². The van der Waals surface area contributed by atoms with E-state index in [0.717, 1.165) is 10.9 Å². The minimum absolute atomic E-state index is 0.0476. The molecule has 0 aliphatic carbocycles. The van der Waals surface area contributed by atoms with E-state index in [2.05, 4.69) is 4.98 Å². The van der Waals surface area contributed by atoms with Crippen LogP contribution in [0.3, 0.4) is 0 Å². The van der Waals surface area contributed by atoms with Crippen molar-refractivity contribution in [2.75, 3.05) is 0 Å². The van der Waals surface area contributed by atoms with Crippen LogP contribution in [-0.2, 0) is 4.74 Å². The van der Waals surface area contributed by atoms with Gasteiger partial charge in [0, 0.05) is 0 Å². The SMILES string of the molecule is O=c1ccn([C@@H]2CC[C@H](C[Se]c3ccccc3[N+](=O)[O-])O2)c(=O)[nH]1. The van der Waals surface area contributed by atoms with Gasteiger partial charge in [0.2, 0.25) is 0 Å². The Morgan fingerprint density at radius 3 is 2.83 bits per heavy atom. The second-order valence-corrected chi connectivity index (χ2v) is 7.57. The number of nitrogens with one attached hydrogen (secondary N) is 1. The molecule has 126 valence electrons. The molecule has 3 rings (SSSR count). The van der Waals surface area contributed by atoms with Crippen molar-refractivity contribution in [3.05, 3.63) is 67.5 Å². The average Bonchev–Trinajstić information content (AvgIpc) is 3.01. The first-order chi connectivity index (χ1) is 11.5. The van der Waals surface area contributed by atoms with Crippen LogP contribution in [0.1, 0.15) is 19.1 Å². The zero-order chi connectivity index (χ0) is 17.1. The predicted octanol–water partition coefficient (Wildman–Crippen LogP) is 0.570. The molecule has 0 spiro atoms. The summed E-state index contributed by atoms with van der Waals surface area (Å²) in [5.74, 6) is 0. The van der Waals surface area contributed by atoms with E-state index in [1.54, 1.807) is 18.2 Å². The minimum atomic E-state index is -0.489. The van der Waals surface area contributed by atoms with Gasteiger partial charge in [0.25, 0.3) is 0 Å². The van der Waals surface area contributed by atoms with Crippen molar-refractivity contribution < 1.29 is 9.66 Å². The zero-order valence-corrected chi connectivity index (χ0v) is 14.3. The first-order valence-corrected chi connectivity index (χ1v) is 9.44. The summed E-state index contributed by atoms with van der Waals surface area (Å²) < 4.78 is 7.99. The van der Waals surface area contributed by atoms with Crippen molar-refractivity contribution in [3.63, 3.8) is 0 Å². The Balaban J connectivity index is 1.64. The summed E-state index contributed by atoms with van der Waals surface area (Å²) in [5.41, 5.74) is -0.785. The van der Waals surface area contributed by atoms with Crippen molar-refractivity contribution in [2.24, 2.45) is 0 Å². The van der Waals surface area contributed by atoms with E-state index in [1.807, 2.05) is 0 Å². The second kappa shape index (κ2) is 7.12. The molecule has 0 saturated carbocycles. The first kappa shape index (κ1) is 16.6. The number of nitro benzene ring substituents is 1. The van der Waals surface area contributed by atoms with Gasteiger partial charge >= 0.3 is 142 Å². The fourth-order valence-corrected chi connectivity index (χ4v) is 4.84. The summed E-state index contributed by atoms with van der Waals surface area (Å²) in [6.45, 7) is 0. The molecule has 0 unspecified atom stereocenters. The molecule has 24 heavy (non-hydrogen) atoms. The van der Waals surface area contributed by atoms with Crippen LogP contribution in [0, 0.1) is 10.1 Å². The summed E-state index contributed by atoms with van der Waals surface area (Å²) in [6.07, 6.45) is 2.43. The Kier molecular flexibility index (Phi) is 4.94. The van der Waals surface area contributed by atoms with Gasteiger partial charge in [-0.3, -0.25) is 0 Å². The van der Waals surface area contributed by atoms with E-state index in [-0.39, 0.29) is 31.7 Å². The number of nitrogens with zero attached hydrogens (tertiary/aromatic N) is 2. The number of aromatic amines is 1. The standard InChI is InChI=1S/C15H15N3O5Se/c19-13-7-8-17(15(20)16-13)14-6-5-10(23-14)9-24-12-4-2-1-3-11(12)18(21)22/h1-4,7-8,10,14H,5-6,9H2,(H,16,19,20)/t10-,14+/m1/s1. The maximum absolute atomic E-state index is 11.8. The number of rotatable bonds is 5. The Bertz CT molecular complexity index is 862. The van der Waals surface area contributed by atoms with Crippen molar-refractivity contribution in [1.82, 2.24) is 9.55 Å². The van der Waals surface area contributed by atoms with Crippen LogP contribution in [0.15, 0.2) is 46.1 Å². The van der Waals surface area contributed by atoms with E-state index >= 15 is 0 Å². The van der Waals surface area contributed by atoms with Gasteiger partial charge in [0.15, 0.2) is 0 Å². The number of hydrogen-bond acceptors (Lipinski definition) is 5. The van der Waals surface area contributed by atoms with E-state index in [9.17, 15) is 19.7 Å². The van der Waals surface area contributed by atoms with Gasteiger partial charge in [0.1, 0.15) is 0 Å². The molecule has 1 aliphatic rings. The molecule has 0 radical (unpaired) electrons. The van der Waals surface area contributed by atoms with Crippen LogP contribution in [0.2, 0.25) is 5.32 Å². The summed E-state index contributed by atoms with van der Waals surface area (Å²) in [5, 5.41) is 11.7. The molecular weight excluding hydrogens is 381 g/mol. The van der Waals surface area contributed by atoms with Crippen molar-refractivity contribution in [3.8, 4) is 0 Å². The van der Waals surface area contributed by atoms with Crippen LogP contribution >= 0.6 is 0 Å². The molecule has 9 heteroatoms. The number of para-hydroxylation sites is 1. The van der Waals surface area contributed by atoms with Crippen molar-refractivity contribution in [2.45, 2.75) is 30.5 Å². The molecule has 2 atom stereocenters. The van der Waals surface area contributed by atoms with Gasteiger partial charge in [-0.2, -0.15) is 0 Å². The summed E-state index contributed by atoms with van der Waals surface area (Å²) in [7, 11) is 0. The number of benzene rings is 1. The normalized spacial score (nSPS) is 20.2. The Hall–Kier alpha value is -2.22. The number of ether oxygens (including phenoxy) is 1. The van der Waals surface area contributed by atoms with Gasteiger partial charge < -0.3 is 0 Å². The molecule has 0 amide bonds. The van der Waals surface area contributed by atoms with Crippen LogP contribution in [-0.4, -0.2) is 35.5 Å².